The van der Waals surface area contributed by atoms with Gasteiger partial charge in [-0.3, -0.25) is 9.63 Å². The number of methoxy groups -OCH3 is 1. The Morgan fingerprint density at radius 2 is 1.75 bits per heavy atom. The van der Waals surface area contributed by atoms with Gasteiger partial charge in [-0.2, -0.15) is 5.06 Å². The minimum Gasteiger partial charge on any atom is -0.469 e. The topological polar surface area (TPSA) is 38.8 Å². The van der Waals surface area contributed by atoms with Crippen LogP contribution in [0.4, 0.5) is 0 Å². The molecule has 1 aliphatic carbocycles. The van der Waals surface area contributed by atoms with Gasteiger partial charge in [0.05, 0.1) is 13.2 Å². The number of nitrogens with zero attached hydrogens (tertiary/aromatic N) is 1. The largest absolute Gasteiger partial charge is 0.469 e. The van der Waals surface area contributed by atoms with Gasteiger partial charge in [0.25, 0.3) is 0 Å². The van der Waals surface area contributed by atoms with Crippen LogP contribution in [-0.4, -0.2) is 23.7 Å². The van der Waals surface area contributed by atoms with Crippen LogP contribution in [0.3, 0.4) is 0 Å². The maximum absolute atomic E-state index is 12.5. The molecule has 1 saturated heterocycles. The number of rotatable bonds is 4. The zero-order valence-electron chi connectivity index (χ0n) is 13.7. The van der Waals surface area contributed by atoms with Gasteiger partial charge in [-0.05, 0) is 24.0 Å². The lowest BCUT2D eigenvalue weighted by molar-refractivity contribution is -0.181. The molecule has 2 aliphatic rings. The van der Waals surface area contributed by atoms with Crippen LogP contribution in [0.15, 0.2) is 60.7 Å². The highest BCUT2D eigenvalue weighted by molar-refractivity contribution is 5.76. The number of hydrogen-bond donors (Lipinski definition) is 0. The number of esters is 1. The van der Waals surface area contributed by atoms with Crippen molar-refractivity contribution in [3.63, 3.8) is 0 Å². The Labute approximate surface area is 141 Å². The predicted molar refractivity (Wildman–Crippen MR) is 89.7 cm³/mol. The summed E-state index contributed by atoms with van der Waals surface area (Å²) < 4.78 is 5.11. The van der Waals surface area contributed by atoms with E-state index in [1.54, 1.807) is 0 Å². The molecule has 2 atom stereocenters. The maximum atomic E-state index is 12.5. The first-order chi connectivity index (χ1) is 11.7. The van der Waals surface area contributed by atoms with Gasteiger partial charge in [0.1, 0.15) is 11.5 Å². The highest BCUT2D eigenvalue weighted by atomic mass is 16.7. The fourth-order valence-corrected chi connectivity index (χ4v) is 3.70. The monoisotopic (exact) mass is 323 g/mol. The molecule has 124 valence electrons. The van der Waals surface area contributed by atoms with E-state index in [0.717, 1.165) is 18.4 Å². The number of benzene rings is 2. The molecule has 2 aromatic carbocycles. The second-order valence-electron chi connectivity index (χ2n) is 6.57. The quantitative estimate of drug-likeness (QED) is 0.807. The first kappa shape index (κ1) is 15.4. The summed E-state index contributed by atoms with van der Waals surface area (Å²) in [7, 11) is 1.46. The van der Waals surface area contributed by atoms with Crippen molar-refractivity contribution in [2.45, 2.75) is 31.0 Å². The molecular formula is C20H21NO3. The molecule has 0 bridgehead atoms. The van der Waals surface area contributed by atoms with Gasteiger partial charge in [-0.1, -0.05) is 60.7 Å². The molecule has 0 amide bonds. The Bertz CT molecular complexity index is 712. The van der Waals surface area contributed by atoms with Crippen molar-refractivity contribution >= 4 is 5.97 Å². The summed E-state index contributed by atoms with van der Waals surface area (Å²) in [5.74, 6) is -0.467. The third kappa shape index (κ3) is 2.62. The Balaban J connectivity index is 1.71. The van der Waals surface area contributed by atoms with Crippen molar-refractivity contribution in [2.75, 3.05) is 7.11 Å². The van der Waals surface area contributed by atoms with Crippen molar-refractivity contribution in [2.24, 2.45) is 5.92 Å². The zero-order valence-corrected chi connectivity index (χ0v) is 13.7. The summed E-state index contributed by atoms with van der Waals surface area (Å²) in [4.78, 5) is 18.8. The normalized spacial score (nSPS) is 24.9. The molecule has 1 heterocycles. The van der Waals surface area contributed by atoms with Crippen molar-refractivity contribution < 1.29 is 14.4 Å². The van der Waals surface area contributed by atoms with Crippen LogP contribution in [-0.2, 0) is 20.9 Å². The Morgan fingerprint density at radius 1 is 1.12 bits per heavy atom. The van der Waals surface area contributed by atoms with Crippen molar-refractivity contribution in [3.8, 4) is 0 Å². The molecule has 1 saturated carbocycles. The van der Waals surface area contributed by atoms with Crippen LogP contribution in [0.1, 0.15) is 30.0 Å². The van der Waals surface area contributed by atoms with E-state index < -0.39 is 0 Å². The Hall–Kier alpha value is -2.17. The van der Waals surface area contributed by atoms with E-state index in [9.17, 15) is 4.79 Å². The van der Waals surface area contributed by atoms with Gasteiger partial charge in [-0.15, -0.1) is 0 Å². The van der Waals surface area contributed by atoms with E-state index in [4.69, 9.17) is 9.57 Å². The lowest BCUT2D eigenvalue weighted by Gasteiger charge is -2.25. The summed E-state index contributed by atoms with van der Waals surface area (Å²) in [6.07, 6.45) is 1.81. The van der Waals surface area contributed by atoms with E-state index in [1.807, 2.05) is 41.5 Å². The summed E-state index contributed by atoms with van der Waals surface area (Å²) in [5.41, 5.74) is 1.87. The van der Waals surface area contributed by atoms with Gasteiger partial charge in [0.2, 0.25) is 0 Å². The molecule has 1 aliphatic heterocycles. The van der Waals surface area contributed by atoms with Gasteiger partial charge in [-0.25, -0.2) is 0 Å². The number of hydroxylamine groups is 2. The molecule has 2 aromatic rings. The summed E-state index contributed by atoms with van der Waals surface area (Å²) in [6.45, 7) is 0.648. The second-order valence-corrected chi connectivity index (χ2v) is 6.57. The Morgan fingerprint density at radius 3 is 2.33 bits per heavy atom. The smallest absolute Gasteiger partial charge is 0.313 e. The molecule has 0 N–H and O–H groups in total. The van der Waals surface area contributed by atoms with Crippen LogP contribution >= 0.6 is 0 Å². The molecule has 4 heteroatoms. The number of carbonyl (C=O) groups is 1. The van der Waals surface area contributed by atoms with Gasteiger partial charge in [0.15, 0.2) is 0 Å². The summed E-state index contributed by atoms with van der Waals surface area (Å²) in [6, 6.07) is 20.2. The Kier molecular flexibility index (Phi) is 3.87. The minimum absolute atomic E-state index is 0.124. The zero-order chi connectivity index (χ0) is 16.6. The van der Waals surface area contributed by atoms with E-state index in [0.29, 0.717) is 6.54 Å². The molecule has 2 fully saturated rings. The maximum Gasteiger partial charge on any atom is 0.313 e. The number of ether oxygens (including phenoxy) is 1. The van der Waals surface area contributed by atoms with Gasteiger partial charge in [0, 0.05) is 6.54 Å². The summed E-state index contributed by atoms with van der Waals surface area (Å²) in [5, 5.41) is 1.97. The van der Waals surface area contributed by atoms with E-state index >= 15 is 0 Å². The van der Waals surface area contributed by atoms with Gasteiger partial charge >= 0.3 is 5.97 Å². The molecule has 24 heavy (non-hydrogen) atoms. The van der Waals surface area contributed by atoms with Crippen molar-refractivity contribution in [1.29, 1.82) is 0 Å². The fraction of sp³-hybridized carbons (Fsp3) is 0.350. The number of carbonyl (C=O) groups excluding carboxylic acids is 1. The van der Waals surface area contributed by atoms with Crippen LogP contribution in [0.25, 0.3) is 0 Å². The molecule has 4 nitrogen and oxygen atoms in total. The lowest BCUT2D eigenvalue weighted by Crippen LogP contribution is -2.31. The standard InChI is InChI=1S/C20H21NO3/c1-23-19(22)17-18(16-10-6-3-7-11-16)21(24-20(17)12-13-20)14-15-8-4-2-5-9-15/h2-11,17-18H,12-14H2,1H3/t17-,18+/m0/s1. The molecule has 4 rings (SSSR count). The molecule has 0 radical (unpaired) electrons. The second kappa shape index (κ2) is 6.04. The predicted octanol–water partition coefficient (Wildman–Crippen LogP) is 3.50. The third-order valence-corrected chi connectivity index (χ3v) is 5.01. The van der Waals surface area contributed by atoms with E-state index in [1.165, 1.54) is 12.7 Å². The van der Waals surface area contributed by atoms with Gasteiger partial charge < -0.3 is 4.74 Å². The number of hydrogen-bond acceptors (Lipinski definition) is 4. The van der Waals surface area contributed by atoms with E-state index in [-0.39, 0.29) is 23.5 Å². The first-order valence-electron chi connectivity index (χ1n) is 8.36. The highest BCUT2D eigenvalue weighted by Crippen LogP contribution is 2.58. The molecule has 0 unspecified atom stereocenters. The average molecular weight is 323 g/mol. The van der Waals surface area contributed by atoms with Crippen LogP contribution < -0.4 is 0 Å². The molecule has 1 spiro atoms. The fourth-order valence-electron chi connectivity index (χ4n) is 3.70. The van der Waals surface area contributed by atoms with Crippen LogP contribution in [0.5, 0.6) is 0 Å². The molecular weight excluding hydrogens is 302 g/mol. The lowest BCUT2D eigenvalue weighted by atomic mass is 9.88. The molecule has 0 aromatic heterocycles. The average Bonchev–Trinajstić information content (AvgIpc) is 3.32. The van der Waals surface area contributed by atoms with Crippen molar-refractivity contribution in [1.82, 2.24) is 5.06 Å². The van der Waals surface area contributed by atoms with Crippen LogP contribution in [0.2, 0.25) is 0 Å². The highest BCUT2D eigenvalue weighted by Gasteiger charge is 2.65. The summed E-state index contributed by atoms with van der Waals surface area (Å²) >= 11 is 0. The van der Waals surface area contributed by atoms with Crippen molar-refractivity contribution in [3.05, 3.63) is 71.8 Å². The van der Waals surface area contributed by atoms with Crippen LogP contribution in [0, 0.1) is 5.92 Å². The van der Waals surface area contributed by atoms with E-state index in [2.05, 4.69) is 24.3 Å². The first-order valence-corrected chi connectivity index (χ1v) is 8.36. The SMILES string of the molecule is COC(=O)[C@@H]1[C@@H](c2ccccc2)N(Cc2ccccc2)OC12CC2. The minimum atomic E-state index is -0.387. The third-order valence-electron chi connectivity index (χ3n) is 5.01.